The van der Waals surface area contributed by atoms with Gasteiger partial charge in [-0.05, 0) is 24.6 Å². The molecule has 21 heavy (non-hydrogen) atoms. The Kier molecular flexibility index (Phi) is 7.06. The Morgan fingerprint density at radius 3 is 2.86 bits per heavy atom. The number of hydrogen-bond acceptors (Lipinski definition) is 3. The maximum absolute atomic E-state index is 13.7. The molecule has 2 atom stereocenters. The van der Waals surface area contributed by atoms with E-state index in [0.29, 0.717) is 18.5 Å². The molecular formula is C15H19FN2O2S. The molecule has 0 spiro atoms. The first-order chi connectivity index (χ1) is 9.95. The fourth-order valence-corrected chi connectivity index (χ4v) is 2.03. The lowest BCUT2D eigenvalue weighted by atomic mass is 10.1. The highest BCUT2D eigenvalue weighted by Gasteiger charge is 2.13. The van der Waals surface area contributed by atoms with E-state index in [1.54, 1.807) is 6.26 Å². The lowest BCUT2D eigenvalue weighted by Gasteiger charge is -2.10. The molecule has 0 aliphatic heterocycles. The van der Waals surface area contributed by atoms with E-state index in [1.165, 1.54) is 18.2 Å². The third kappa shape index (κ3) is 5.66. The quantitative estimate of drug-likeness (QED) is 0.798. The number of hydrogen-bond donors (Lipinski definition) is 2. The molecule has 0 saturated heterocycles. The first-order valence-electron chi connectivity index (χ1n) is 6.54. The molecule has 0 saturated carbocycles. The molecule has 0 aliphatic carbocycles. The van der Waals surface area contributed by atoms with Gasteiger partial charge in [-0.1, -0.05) is 18.8 Å². The maximum Gasteiger partial charge on any atom is 0.254 e. The molecule has 1 aromatic carbocycles. The molecule has 4 nitrogen and oxygen atoms in total. The van der Waals surface area contributed by atoms with Gasteiger partial charge in [0.25, 0.3) is 5.91 Å². The van der Waals surface area contributed by atoms with Crippen LogP contribution in [0, 0.1) is 17.7 Å². The van der Waals surface area contributed by atoms with Crippen LogP contribution in [0.2, 0.25) is 0 Å². The molecule has 3 N–H and O–H groups in total. The summed E-state index contributed by atoms with van der Waals surface area (Å²) < 4.78 is 24.9. The molecular weight excluding hydrogens is 291 g/mol. The van der Waals surface area contributed by atoms with Crippen molar-refractivity contribution in [3.8, 4) is 11.8 Å². The van der Waals surface area contributed by atoms with E-state index in [-0.39, 0.29) is 17.4 Å². The standard InChI is InChI=1S/C15H19FN2O2S/c1-11(21(2)20)7-9-18-15(19)13-10-12(4-3-8-17)5-6-14(13)16/h5-6,10-11H,7-9,17H2,1-2H3,(H,18,19). The molecule has 0 fully saturated rings. The van der Waals surface area contributed by atoms with Crippen molar-refractivity contribution in [2.24, 2.45) is 5.73 Å². The summed E-state index contributed by atoms with van der Waals surface area (Å²) in [6, 6.07) is 4.10. The Labute approximate surface area is 126 Å². The Morgan fingerprint density at radius 1 is 1.52 bits per heavy atom. The molecule has 6 heteroatoms. The van der Waals surface area contributed by atoms with Crippen molar-refractivity contribution in [3.05, 3.63) is 35.1 Å². The first kappa shape index (κ1) is 17.3. The summed E-state index contributed by atoms with van der Waals surface area (Å²) in [6.45, 7) is 2.38. The normalized spacial score (nSPS) is 13.0. The summed E-state index contributed by atoms with van der Waals surface area (Å²) in [5.74, 6) is 4.30. The molecule has 1 aromatic rings. The highest BCUT2D eigenvalue weighted by atomic mass is 32.2. The van der Waals surface area contributed by atoms with Gasteiger partial charge in [0.1, 0.15) is 5.82 Å². The number of nitrogens with two attached hydrogens (primary N) is 1. The van der Waals surface area contributed by atoms with Gasteiger partial charge in [0.15, 0.2) is 0 Å². The van der Waals surface area contributed by atoms with Crippen LogP contribution < -0.4 is 11.1 Å². The minimum absolute atomic E-state index is 0.0168. The zero-order chi connectivity index (χ0) is 15.8. The second kappa shape index (κ2) is 8.55. The maximum atomic E-state index is 13.7. The van der Waals surface area contributed by atoms with Crippen molar-refractivity contribution >= 4 is 16.7 Å². The van der Waals surface area contributed by atoms with Crippen LogP contribution in [-0.4, -0.2) is 34.7 Å². The van der Waals surface area contributed by atoms with Crippen LogP contribution in [0.5, 0.6) is 0 Å². The minimum Gasteiger partial charge on any atom is -0.352 e. The smallest absolute Gasteiger partial charge is 0.254 e. The lowest BCUT2D eigenvalue weighted by Crippen LogP contribution is -2.28. The molecule has 0 radical (unpaired) electrons. The van der Waals surface area contributed by atoms with E-state index in [1.807, 2.05) is 6.92 Å². The van der Waals surface area contributed by atoms with Gasteiger partial charge in [-0.15, -0.1) is 0 Å². The van der Waals surface area contributed by atoms with E-state index in [9.17, 15) is 13.4 Å². The average molecular weight is 310 g/mol. The molecule has 1 amide bonds. The monoisotopic (exact) mass is 310 g/mol. The SMILES string of the molecule is CC(CCNC(=O)c1cc(C#CCN)ccc1F)S(C)=O. The van der Waals surface area contributed by atoms with Gasteiger partial charge in [0.2, 0.25) is 0 Å². The number of nitrogens with one attached hydrogen (secondary N) is 1. The van der Waals surface area contributed by atoms with Crippen molar-refractivity contribution in [1.82, 2.24) is 5.32 Å². The number of carbonyl (C=O) groups is 1. The van der Waals surface area contributed by atoms with E-state index in [0.717, 1.165) is 0 Å². The molecule has 0 aromatic heterocycles. The van der Waals surface area contributed by atoms with Gasteiger partial charge >= 0.3 is 0 Å². The summed E-state index contributed by atoms with van der Waals surface area (Å²) in [6.07, 6.45) is 2.19. The summed E-state index contributed by atoms with van der Waals surface area (Å²) in [5, 5.41) is 2.61. The van der Waals surface area contributed by atoms with Gasteiger partial charge in [-0.3, -0.25) is 9.00 Å². The molecule has 0 aliphatic rings. The predicted molar refractivity (Wildman–Crippen MR) is 82.8 cm³/mol. The Morgan fingerprint density at radius 2 is 2.24 bits per heavy atom. The van der Waals surface area contributed by atoms with Crippen LogP contribution >= 0.6 is 0 Å². The highest BCUT2D eigenvalue weighted by Crippen LogP contribution is 2.10. The highest BCUT2D eigenvalue weighted by molar-refractivity contribution is 7.84. The molecule has 114 valence electrons. The van der Waals surface area contributed by atoms with E-state index in [2.05, 4.69) is 17.2 Å². The molecule has 1 rings (SSSR count). The number of carbonyl (C=O) groups excluding carboxylic acids is 1. The summed E-state index contributed by atoms with van der Waals surface area (Å²) in [7, 11) is -0.937. The topological polar surface area (TPSA) is 72.2 Å². The van der Waals surface area contributed by atoms with Crippen molar-refractivity contribution in [2.75, 3.05) is 19.3 Å². The number of rotatable bonds is 5. The van der Waals surface area contributed by atoms with Gasteiger partial charge in [-0.2, -0.15) is 0 Å². The Hall–Kier alpha value is -1.71. The van der Waals surface area contributed by atoms with Crippen LogP contribution in [0.1, 0.15) is 29.3 Å². The summed E-state index contributed by atoms with van der Waals surface area (Å²) >= 11 is 0. The summed E-state index contributed by atoms with van der Waals surface area (Å²) in [4.78, 5) is 11.9. The van der Waals surface area contributed by atoms with Gasteiger partial charge < -0.3 is 11.1 Å². The number of halogens is 1. The second-order valence-electron chi connectivity index (χ2n) is 4.55. The number of amides is 1. The average Bonchev–Trinajstić information content (AvgIpc) is 2.45. The van der Waals surface area contributed by atoms with Crippen LogP contribution in [0.3, 0.4) is 0 Å². The van der Waals surface area contributed by atoms with Gasteiger partial charge in [0.05, 0.1) is 12.1 Å². The third-order valence-corrected chi connectivity index (χ3v) is 4.32. The van der Waals surface area contributed by atoms with Crippen molar-refractivity contribution < 1.29 is 13.4 Å². The Bertz CT molecular complexity index is 593. The fourth-order valence-electron chi connectivity index (χ4n) is 1.58. The lowest BCUT2D eigenvalue weighted by molar-refractivity contribution is 0.0949. The van der Waals surface area contributed by atoms with Gasteiger partial charge in [0, 0.05) is 34.4 Å². The zero-order valence-electron chi connectivity index (χ0n) is 12.1. The second-order valence-corrected chi connectivity index (χ2v) is 6.36. The van der Waals surface area contributed by atoms with Crippen molar-refractivity contribution in [1.29, 1.82) is 0 Å². The minimum atomic E-state index is -0.937. The molecule has 2 unspecified atom stereocenters. The van der Waals surface area contributed by atoms with Crippen LogP contribution in [0.15, 0.2) is 18.2 Å². The molecule has 0 heterocycles. The van der Waals surface area contributed by atoms with Crippen LogP contribution in [0.4, 0.5) is 4.39 Å². The zero-order valence-corrected chi connectivity index (χ0v) is 12.9. The predicted octanol–water partition coefficient (Wildman–Crippen LogP) is 1.02. The number of benzene rings is 1. The van der Waals surface area contributed by atoms with E-state index >= 15 is 0 Å². The van der Waals surface area contributed by atoms with E-state index < -0.39 is 22.5 Å². The third-order valence-electron chi connectivity index (χ3n) is 2.95. The van der Waals surface area contributed by atoms with Crippen molar-refractivity contribution in [3.63, 3.8) is 0 Å². The van der Waals surface area contributed by atoms with Crippen LogP contribution in [0.25, 0.3) is 0 Å². The van der Waals surface area contributed by atoms with Crippen LogP contribution in [-0.2, 0) is 10.8 Å². The summed E-state index contributed by atoms with van der Waals surface area (Å²) in [5.41, 5.74) is 5.76. The van der Waals surface area contributed by atoms with Crippen molar-refractivity contribution in [2.45, 2.75) is 18.6 Å². The first-order valence-corrected chi connectivity index (χ1v) is 8.16. The molecule has 0 bridgehead atoms. The Balaban J connectivity index is 2.71. The van der Waals surface area contributed by atoms with Gasteiger partial charge in [-0.25, -0.2) is 4.39 Å². The fraction of sp³-hybridized carbons (Fsp3) is 0.400. The largest absolute Gasteiger partial charge is 0.352 e. The van der Waals surface area contributed by atoms with E-state index in [4.69, 9.17) is 5.73 Å².